The van der Waals surface area contributed by atoms with Crippen molar-refractivity contribution in [3.8, 4) is 0 Å². The van der Waals surface area contributed by atoms with E-state index < -0.39 is 0 Å². The molecule has 1 aromatic heterocycles. The fourth-order valence-corrected chi connectivity index (χ4v) is 2.58. The Labute approximate surface area is 121 Å². The highest BCUT2D eigenvalue weighted by Crippen LogP contribution is 2.42. The maximum atomic E-state index is 12.3. The lowest BCUT2D eigenvalue weighted by Crippen LogP contribution is -2.07. The summed E-state index contributed by atoms with van der Waals surface area (Å²) in [5.74, 6) is 0.492. The number of benzene rings is 2. The summed E-state index contributed by atoms with van der Waals surface area (Å²) in [6, 6.07) is 15.6. The second-order valence-corrected chi connectivity index (χ2v) is 5.31. The number of nitrogens with zero attached hydrogens (tertiary/aromatic N) is 1. The lowest BCUT2D eigenvalue weighted by atomic mass is 10.1. The Morgan fingerprint density at radius 1 is 1.05 bits per heavy atom. The van der Waals surface area contributed by atoms with Crippen molar-refractivity contribution in [1.82, 2.24) is 4.98 Å². The van der Waals surface area contributed by atoms with E-state index in [4.69, 9.17) is 4.42 Å². The van der Waals surface area contributed by atoms with Crippen molar-refractivity contribution >= 4 is 22.6 Å². The van der Waals surface area contributed by atoms with E-state index in [1.54, 1.807) is 0 Å². The van der Waals surface area contributed by atoms with Crippen LogP contribution in [0.1, 0.15) is 24.3 Å². The van der Waals surface area contributed by atoms with Crippen LogP contribution in [-0.2, 0) is 0 Å². The van der Waals surface area contributed by atoms with Gasteiger partial charge in [-0.15, -0.1) is 0 Å². The van der Waals surface area contributed by atoms with Gasteiger partial charge in [0.05, 0.1) is 10.9 Å². The molecular weight excluding hydrogens is 264 g/mol. The summed E-state index contributed by atoms with van der Waals surface area (Å²) >= 11 is 0. The van der Waals surface area contributed by atoms with Gasteiger partial charge in [-0.2, -0.15) is 4.98 Å². The number of rotatable bonds is 3. The molecule has 0 radical (unpaired) electrons. The Kier molecular flexibility index (Phi) is 2.74. The van der Waals surface area contributed by atoms with Crippen LogP contribution < -0.4 is 10.9 Å². The van der Waals surface area contributed by atoms with Gasteiger partial charge in [-0.1, -0.05) is 30.3 Å². The van der Waals surface area contributed by atoms with Crippen molar-refractivity contribution in [1.29, 1.82) is 0 Å². The SMILES string of the molecule is O=c1oc(Nc2ccccc2)nc2cccc(C3CC3)c12. The average Bonchev–Trinajstić information content (AvgIpc) is 3.32. The molecule has 0 amide bonds. The van der Waals surface area contributed by atoms with Crippen molar-refractivity contribution < 1.29 is 4.42 Å². The van der Waals surface area contributed by atoms with Gasteiger partial charge in [-0.05, 0) is 42.5 Å². The van der Waals surface area contributed by atoms with Crippen LogP contribution in [-0.4, -0.2) is 4.98 Å². The first-order chi connectivity index (χ1) is 10.3. The first kappa shape index (κ1) is 12.1. The molecule has 1 saturated carbocycles. The molecule has 104 valence electrons. The van der Waals surface area contributed by atoms with Gasteiger partial charge in [0.2, 0.25) is 0 Å². The predicted octanol–water partition coefficient (Wildman–Crippen LogP) is 3.81. The number of nitrogens with one attached hydrogen (secondary N) is 1. The molecule has 1 N–H and O–H groups in total. The number of anilines is 2. The smallest absolute Gasteiger partial charge is 0.348 e. The van der Waals surface area contributed by atoms with Crippen molar-refractivity contribution in [2.24, 2.45) is 0 Å². The molecule has 0 unspecified atom stereocenters. The van der Waals surface area contributed by atoms with Gasteiger partial charge in [-0.3, -0.25) is 0 Å². The normalized spacial score (nSPS) is 14.3. The van der Waals surface area contributed by atoms with Crippen LogP contribution in [0, 0.1) is 0 Å². The van der Waals surface area contributed by atoms with Gasteiger partial charge in [0, 0.05) is 5.69 Å². The molecule has 0 atom stereocenters. The Morgan fingerprint density at radius 3 is 2.62 bits per heavy atom. The molecular formula is C17H14N2O2. The molecule has 4 nitrogen and oxygen atoms in total. The second-order valence-electron chi connectivity index (χ2n) is 5.31. The number of hydrogen-bond acceptors (Lipinski definition) is 4. The molecule has 1 fully saturated rings. The van der Waals surface area contributed by atoms with Gasteiger partial charge in [-0.25, -0.2) is 4.79 Å². The van der Waals surface area contributed by atoms with E-state index in [9.17, 15) is 4.79 Å². The van der Waals surface area contributed by atoms with E-state index in [1.807, 2.05) is 48.5 Å². The highest BCUT2D eigenvalue weighted by Gasteiger charge is 2.27. The summed E-state index contributed by atoms with van der Waals surface area (Å²) in [4.78, 5) is 16.7. The standard InChI is InChI=1S/C17H14N2O2/c20-16-15-13(11-9-10-11)7-4-8-14(15)19-17(21-16)18-12-5-2-1-3-6-12/h1-8,11H,9-10H2,(H,18,19). The zero-order chi connectivity index (χ0) is 14.2. The Hall–Kier alpha value is -2.62. The topological polar surface area (TPSA) is 55.1 Å². The predicted molar refractivity (Wildman–Crippen MR) is 82.0 cm³/mol. The van der Waals surface area contributed by atoms with Crippen LogP contribution >= 0.6 is 0 Å². The number of hydrogen-bond donors (Lipinski definition) is 1. The molecule has 3 aromatic rings. The molecule has 1 aliphatic carbocycles. The van der Waals surface area contributed by atoms with Crippen molar-refractivity contribution in [3.05, 3.63) is 64.5 Å². The molecule has 4 heteroatoms. The molecule has 1 aliphatic rings. The van der Waals surface area contributed by atoms with E-state index in [-0.39, 0.29) is 11.6 Å². The Bertz CT molecular complexity index is 852. The lowest BCUT2D eigenvalue weighted by molar-refractivity contribution is 0.521. The first-order valence-corrected chi connectivity index (χ1v) is 7.07. The largest absolute Gasteiger partial charge is 0.388 e. The average molecular weight is 278 g/mol. The minimum atomic E-state index is -0.319. The summed E-state index contributed by atoms with van der Waals surface area (Å²) < 4.78 is 5.34. The van der Waals surface area contributed by atoms with Gasteiger partial charge in [0.1, 0.15) is 0 Å². The third-order valence-corrected chi connectivity index (χ3v) is 3.73. The van der Waals surface area contributed by atoms with Crippen molar-refractivity contribution in [2.75, 3.05) is 5.32 Å². The molecule has 0 aliphatic heterocycles. The van der Waals surface area contributed by atoms with Crippen LogP contribution in [0.2, 0.25) is 0 Å². The molecule has 21 heavy (non-hydrogen) atoms. The minimum absolute atomic E-state index is 0.228. The van der Waals surface area contributed by atoms with E-state index in [0.29, 0.717) is 16.8 Å². The molecule has 0 spiro atoms. The van der Waals surface area contributed by atoms with E-state index in [0.717, 1.165) is 24.1 Å². The molecule has 0 bridgehead atoms. The summed E-state index contributed by atoms with van der Waals surface area (Å²) in [5.41, 5.74) is 2.28. The summed E-state index contributed by atoms with van der Waals surface area (Å²) in [7, 11) is 0. The third kappa shape index (κ3) is 2.29. The summed E-state index contributed by atoms with van der Waals surface area (Å²) in [6.45, 7) is 0. The summed E-state index contributed by atoms with van der Waals surface area (Å²) in [5, 5.41) is 3.65. The highest BCUT2D eigenvalue weighted by atomic mass is 16.4. The van der Waals surface area contributed by atoms with Gasteiger partial charge in [0.25, 0.3) is 0 Å². The Morgan fingerprint density at radius 2 is 1.86 bits per heavy atom. The van der Waals surface area contributed by atoms with Crippen LogP contribution in [0.25, 0.3) is 10.9 Å². The van der Waals surface area contributed by atoms with E-state index in [1.165, 1.54) is 0 Å². The van der Waals surface area contributed by atoms with Crippen LogP contribution in [0.3, 0.4) is 0 Å². The van der Waals surface area contributed by atoms with Gasteiger partial charge < -0.3 is 9.73 Å². The van der Waals surface area contributed by atoms with Gasteiger partial charge >= 0.3 is 11.6 Å². The third-order valence-electron chi connectivity index (χ3n) is 3.73. The number of aromatic nitrogens is 1. The lowest BCUT2D eigenvalue weighted by Gasteiger charge is -2.06. The number of para-hydroxylation sites is 1. The molecule has 2 aromatic carbocycles. The Balaban J connectivity index is 1.81. The van der Waals surface area contributed by atoms with E-state index >= 15 is 0 Å². The van der Waals surface area contributed by atoms with E-state index in [2.05, 4.69) is 10.3 Å². The molecule has 0 saturated heterocycles. The van der Waals surface area contributed by atoms with Gasteiger partial charge in [0.15, 0.2) is 0 Å². The fraction of sp³-hybridized carbons (Fsp3) is 0.176. The van der Waals surface area contributed by atoms with Crippen LogP contribution in [0.5, 0.6) is 0 Å². The second kappa shape index (κ2) is 4.74. The highest BCUT2D eigenvalue weighted by molar-refractivity contribution is 5.82. The van der Waals surface area contributed by atoms with Crippen molar-refractivity contribution in [2.45, 2.75) is 18.8 Å². The molecule has 4 rings (SSSR count). The minimum Gasteiger partial charge on any atom is -0.388 e. The van der Waals surface area contributed by atoms with Crippen molar-refractivity contribution in [3.63, 3.8) is 0 Å². The van der Waals surface area contributed by atoms with Crippen LogP contribution in [0.4, 0.5) is 11.7 Å². The zero-order valence-corrected chi connectivity index (χ0v) is 11.4. The number of fused-ring (bicyclic) bond motifs is 1. The molecule has 1 heterocycles. The maximum Gasteiger partial charge on any atom is 0.348 e. The quantitative estimate of drug-likeness (QED) is 0.791. The zero-order valence-electron chi connectivity index (χ0n) is 11.4. The monoisotopic (exact) mass is 278 g/mol. The summed E-state index contributed by atoms with van der Waals surface area (Å²) in [6.07, 6.45) is 2.28. The fourth-order valence-electron chi connectivity index (χ4n) is 2.58. The first-order valence-electron chi connectivity index (χ1n) is 7.07. The maximum absolute atomic E-state index is 12.3. The van der Waals surface area contributed by atoms with Crippen LogP contribution in [0.15, 0.2) is 57.7 Å².